The third-order valence-electron chi connectivity index (χ3n) is 4.73. The SMILES string of the molecule is O=C(NC1(C(=O)O)CCCC1)c1cc(S(=O)(=O)N2CCSCC2)c[nH]1. The van der Waals surface area contributed by atoms with Crippen LogP contribution < -0.4 is 5.32 Å². The number of H-pyrrole nitrogens is 1. The normalized spacial score (nSPS) is 21.1. The van der Waals surface area contributed by atoms with Gasteiger partial charge in [-0.3, -0.25) is 4.79 Å². The Morgan fingerprint density at radius 3 is 2.48 bits per heavy atom. The Hall–Kier alpha value is -1.52. The first-order valence-electron chi connectivity index (χ1n) is 8.17. The van der Waals surface area contributed by atoms with Crippen LogP contribution in [0.3, 0.4) is 0 Å². The van der Waals surface area contributed by atoms with Gasteiger partial charge in [0.05, 0.1) is 0 Å². The molecule has 0 aromatic carbocycles. The topological polar surface area (TPSA) is 120 Å². The van der Waals surface area contributed by atoms with E-state index in [0.717, 1.165) is 24.3 Å². The number of hydrogen-bond acceptors (Lipinski definition) is 5. The Balaban J connectivity index is 1.76. The zero-order valence-electron chi connectivity index (χ0n) is 13.7. The molecule has 1 aromatic rings. The van der Waals surface area contributed by atoms with Gasteiger partial charge in [-0.05, 0) is 18.9 Å². The molecule has 0 unspecified atom stereocenters. The minimum absolute atomic E-state index is 0.0281. The van der Waals surface area contributed by atoms with Crippen LogP contribution in [0.2, 0.25) is 0 Å². The van der Waals surface area contributed by atoms with Crippen LogP contribution >= 0.6 is 11.8 Å². The van der Waals surface area contributed by atoms with Gasteiger partial charge in [0.25, 0.3) is 5.91 Å². The lowest BCUT2D eigenvalue weighted by molar-refractivity contribution is -0.144. The van der Waals surface area contributed by atoms with E-state index >= 15 is 0 Å². The van der Waals surface area contributed by atoms with Gasteiger partial charge in [-0.25, -0.2) is 13.2 Å². The second-order valence-corrected chi connectivity index (χ2v) is 9.48. The molecule has 3 N–H and O–H groups in total. The predicted molar refractivity (Wildman–Crippen MR) is 93.2 cm³/mol. The second-order valence-electron chi connectivity index (χ2n) is 6.31. The highest BCUT2D eigenvalue weighted by Crippen LogP contribution is 2.30. The standard InChI is InChI=1S/C15H21N3O5S2/c19-13(17-15(14(20)21)3-1-2-4-15)12-9-11(10-16-12)25(22,23)18-5-7-24-8-6-18/h9-10,16H,1-8H2,(H,17,19)(H,20,21). The van der Waals surface area contributed by atoms with Crippen molar-refractivity contribution >= 4 is 33.7 Å². The Morgan fingerprint density at radius 1 is 1.24 bits per heavy atom. The number of thioether (sulfide) groups is 1. The van der Waals surface area contributed by atoms with Crippen molar-refractivity contribution in [2.75, 3.05) is 24.6 Å². The van der Waals surface area contributed by atoms with E-state index in [2.05, 4.69) is 10.3 Å². The van der Waals surface area contributed by atoms with Gasteiger partial charge in [0.15, 0.2) is 0 Å². The summed E-state index contributed by atoms with van der Waals surface area (Å²) in [5, 5.41) is 12.0. The van der Waals surface area contributed by atoms with Gasteiger partial charge in [0.1, 0.15) is 16.1 Å². The lowest BCUT2D eigenvalue weighted by Gasteiger charge is -2.25. The number of carboxylic acid groups (broad SMARTS) is 1. The molecule has 2 fully saturated rings. The van der Waals surface area contributed by atoms with E-state index in [1.165, 1.54) is 16.6 Å². The van der Waals surface area contributed by atoms with Crippen molar-refractivity contribution in [3.63, 3.8) is 0 Å². The number of amides is 1. The maximum atomic E-state index is 12.6. The molecule has 2 heterocycles. The Morgan fingerprint density at radius 2 is 1.88 bits per heavy atom. The molecule has 10 heteroatoms. The monoisotopic (exact) mass is 387 g/mol. The highest BCUT2D eigenvalue weighted by molar-refractivity contribution is 7.99. The number of sulfonamides is 1. The van der Waals surface area contributed by atoms with Gasteiger partial charge < -0.3 is 15.4 Å². The summed E-state index contributed by atoms with van der Waals surface area (Å²) in [7, 11) is -3.64. The minimum atomic E-state index is -3.64. The molecule has 0 bridgehead atoms. The average molecular weight is 387 g/mol. The van der Waals surface area contributed by atoms with E-state index in [1.54, 1.807) is 11.8 Å². The Bertz CT molecular complexity index is 762. The molecule has 8 nitrogen and oxygen atoms in total. The molecule has 25 heavy (non-hydrogen) atoms. The molecule has 1 aliphatic heterocycles. The summed E-state index contributed by atoms with van der Waals surface area (Å²) in [4.78, 5) is 26.6. The number of aliphatic carboxylic acids is 1. The number of aromatic nitrogens is 1. The predicted octanol–water partition coefficient (Wildman–Crippen LogP) is 0.879. The van der Waals surface area contributed by atoms with Gasteiger partial charge >= 0.3 is 5.97 Å². The zero-order valence-corrected chi connectivity index (χ0v) is 15.3. The molecule has 1 saturated heterocycles. The molecule has 0 spiro atoms. The summed E-state index contributed by atoms with van der Waals surface area (Å²) in [6, 6.07) is 1.27. The Labute approximate surface area is 150 Å². The van der Waals surface area contributed by atoms with E-state index in [-0.39, 0.29) is 10.6 Å². The van der Waals surface area contributed by atoms with Crippen LogP contribution in [0.25, 0.3) is 0 Å². The molecule has 0 atom stereocenters. The maximum Gasteiger partial charge on any atom is 0.329 e. The van der Waals surface area contributed by atoms with E-state index in [4.69, 9.17) is 0 Å². The number of aromatic amines is 1. The molecule has 1 amide bonds. The first-order valence-corrected chi connectivity index (χ1v) is 10.8. The first-order chi connectivity index (χ1) is 11.8. The third kappa shape index (κ3) is 3.56. The van der Waals surface area contributed by atoms with E-state index in [1.807, 2.05) is 0 Å². The molecule has 3 rings (SSSR count). The fourth-order valence-corrected chi connectivity index (χ4v) is 5.82. The molecule has 1 aromatic heterocycles. The fraction of sp³-hybridized carbons (Fsp3) is 0.600. The quantitative estimate of drug-likeness (QED) is 0.690. The van der Waals surface area contributed by atoms with Crippen molar-refractivity contribution in [1.29, 1.82) is 0 Å². The van der Waals surface area contributed by atoms with E-state index in [9.17, 15) is 23.1 Å². The molecule has 138 valence electrons. The van der Waals surface area contributed by atoms with Gasteiger partial charge in [0, 0.05) is 30.8 Å². The van der Waals surface area contributed by atoms with Crippen molar-refractivity contribution in [2.24, 2.45) is 0 Å². The number of rotatable bonds is 5. The highest BCUT2D eigenvalue weighted by Gasteiger charge is 2.43. The number of nitrogens with one attached hydrogen (secondary N) is 2. The average Bonchev–Trinajstić information content (AvgIpc) is 3.26. The van der Waals surface area contributed by atoms with Crippen LogP contribution in [-0.2, 0) is 14.8 Å². The van der Waals surface area contributed by atoms with Gasteiger partial charge in [-0.2, -0.15) is 16.1 Å². The van der Waals surface area contributed by atoms with Crippen molar-refractivity contribution < 1.29 is 23.1 Å². The van der Waals surface area contributed by atoms with Crippen LogP contribution in [0.15, 0.2) is 17.2 Å². The van der Waals surface area contributed by atoms with Crippen LogP contribution in [0.1, 0.15) is 36.2 Å². The zero-order chi connectivity index (χ0) is 18.1. The number of nitrogens with zero attached hydrogens (tertiary/aromatic N) is 1. The lowest BCUT2D eigenvalue weighted by Crippen LogP contribution is -2.52. The molecular weight excluding hydrogens is 366 g/mol. The molecule has 1 saturated carbocycles. The summed E-state index contributed by atoms with van der Waals surface area (Å²) < 4.78 is 26.6. The van der Waals surface area contributed by atoms with Gasteiger partial charge in [-0.1, -0.05) is 12.8 Å². The first kappa shape index (κ1) is 18.3. The number of carbonyl (C=O) groups excluding carboxylic acids is 1. The summed E-state index contributed by atoms with van der Waals surface area (Å²) in [5.41, 5.74) is -1.21. The van der Waals surface area contributed by atoms with E-state index < -0.39 is 27.4 Å². The molecule has 1 aliphatic carbocycles. The van der Waals surface area contributed by atoms with Crippen LogP contribution in [-0.4, -0.2) is 64.8 Å². The summed E-state index contributed by atoms with van der Waals surface area (Å²) in [6.45, 7) is 0.893. The smallest absolute Gasteiger partial charge is 0.329 e. The van der Waals surface area contributed by atoms with Crippen molar-refractivity contribution in [2.45, 2.75) is 36.1 Å². The molecular formula is C15H21N3O5S2. The van der Waals surface area contributed by atoms with Crippen molar-refractivity contribution in [1.82, 2.24) is 14.6 Å². The summed E-state index contributed by atoms with van der Waals surface area (Å²) in [5.74, 6) is -0.153. The lowest BCUT2D eigenvalue weighted by atomic mass is 9.97. The highest BCUT2D eigenvalue weighted by atomic mass is 32.2. The minimum Gasteiger partial charge on any atom is -0.480 e. The van der Waals surface area contributed by atoms with Crippen LogP contribution in [0, 0.1) is 0 Å². The van der Waals surface area contributed by atoms with Crippen LogP contribution in [0.4, 0.5) is 0 Å². The molecule has 2 aliphatic rings. The number of carboxylic acids is 1. The number of carbonyl (C=O) groups is 2. The second kappa shape index (κ2) is 7.00. The fourth-order valence-electron chi connectivity index (χ4n) is 3.25. The third-order valence-corrected chi connectivity index (χ3v) is 7.55. The Kier molecular flexibility index (Phi) is 5.12. The summed E-state index contributed by atoms with van der Waals surface area (Å²) in [6.07, 6.45) is 3.53. The largest absolute Gasteiger partial charge is 0.480 e. The van der Waals surface area contributed by atoms with E-state index in [0.29, 0.717) is 25.9 Å². The summed E-state index contributed by atoms with van der Waals surface area (Å²) >= 11 is 1.71. The van der Waals surface area contributed by atoms with Crippen molar-refractivity contribution in [3.8, 4) is 0 Å². The van der Waals surface area contributed by atoms with Gasteiger partial charge in [-0.15, -0.1) is 0 Å². The van der Waals surface area contributed by atoms with Crippen LogP contribution in [0.5, 0.6) is 0 Å². The van der Waals surface area contributed by atoms with Gasteiger partial charge in [0.2, 0.25) is 10.0 Å². The maximum absolute atomic E-state index is 12.6. The van der Waals surface area contributed by atoms with Crippen molar-refractivity contribution in [3.05, 3.63) is 18.0 Å². The molecule has 0 radical (unpaired) electrons. The number of hydrogen-bond donors (Lipinski definition) is 3.